The van der Waals surface area contributed by atoms with E-state index in [0.717, 1.165) is 0 Å². The van der Waals surface area contributed by atoms with E-state index in [0.29, 0.717) is 43.3 Å². The van der Waals surface area contributed by atoms with Gasteiger partial charge in [0.2, 0.25) is 5.16 Å². The molecule has 136 valence electrons. The van der Waals surface area contributed by atoms with Crippen molar-refractivity contribution in [1.82, 2.24) is 14.9 Å². The number of hydrogen-bond acceptors (Lipinski definition) is 6. The second-order valence-corrected chi connectivity index (χ2v) is 7.11. The van der Waals surface area contributed by atoms with Crippen molar-refractivity contribution in [2.45, 2.75) is 18.7 Å². The number of benzene rings is 1. The molecular weight excluding hydrogens is 419 g/mol. The van der Waals surface area contributed by atoms with E-state index >= 15 is 0 Å². The molecule has 0 saturated carbocycles. The number of halogens is 3. The molecule has 0 amide bonds. The molecule has 10 heteroatoms. The minimum atomic E-state index is 0.163. The third-order valence-electron chi connectivity index (χ3n) is 3.26. The lowest BCUT2D eigenvalue weighted by Gasteiger charge is -2.08. The van der Waals surface area contributed by atoms with E-state index in [2.05, 4.69) is 15.3 Å². The second-order valence-electron chi connectivity index (χ2n) is 5.08. The van der Waals surface area contributed by atoms with Crippen molar-refractivity contribution in [3.8, 4) is 5.75 Å². The van der Waals surface area contributed by atoms with Crippen LogP contribution in [0.15, 0.2) is 38.9 Å². The Hall–Kier alpha value is -1.67. The summed E-state index contributed by atoms with van der Waals surface area (Å²) in [7, 11) is 0. The average molecular weight is 432 g/mol. The van der Waals surface area contributed by atoms with Crippen molar-refractivity contribution in [2.75, 3.05) is 6.26 Å². The fourth-order valence-corrected chi connectivity index (χ4v) is 3.47. The first-order chi connectivity index (χ1) is 12.5. The van der Waals surface area contributed by atoms with Gasteiger partial charge in [0.25, 0.3) is 0 Å². The molecule has 0 aliphatic heterocycles. The van der Waals surface area contributed by atoms with Crippen molar-refractivity contribution >= 4 is 52.8 Å². The van der Waals surface area contributed by atoms with Gasteiger partial charge < -0.3 is 9.15 Å². The number of thioether (sulfide) groups is 1. The minimum Gasteiger partial charge on any atom is -0.483 e. The molecule has 0 aliphatic rings. The Morgan fingerprint density at radius 1 is 1.23 bits per heavy atom. The van der Waals surface area contributed by atoms with E-state index in [1.807, 2.05) is 13.2 Å². The zero-order valence-electron chi connectivity index (χ0n) is 13.7. The SMILES string of the molecule is CSc1nnc(C)n1N=Cc1ccc(COc2c(Cl)cc(Cl)cc2Cl)o1. The van der Waals surface area contributed by atoms with Crippen LogP contribution in [0.4, 0.5) is 0 Å². The monoisotopic (exact) mass is 430 g/mol. The molecular formula is C16H13Cl3N4O2S. The molecule has 2 aromatic heterocycles. The first-order valence-corrected chi connectivity index (χ1v) is 9.70. The maximum atomic E-state index is 6.09. The molecule has 0 bridgehead atoms. The van der Waals surface area contributed by atoms with E-state index in [1.165, 1.54) is 11.8 Å². The molecule has 26 heavy (non-hydrogen) atoms. The van der Waals surface area contributed by atoms with Crippen LogP contribution in [0, 0.1) is 6.92 Å². The molecule has 0 fully saturated rings. The summed E-state index contributed by atoms with van der Waals surface area (Å²) in [6, 6.07) is 6.70. The highest BCUT2D eigenvalue weighted by atomic mass is 35.5. The standard InChI is InChI=1S/C16H13Cl3N4O2S/c1-9-21-22-16(26-2)23(9)20-7-11-3-4-12(25-11)8-24-15-13(18)5-10(17)6-14(15)19/h3-7H,8H2,1-2H3. The molecule has 0 unspecified atom stereocenters. The van der Waals surface area contributed by atoms with Crippen molar-refractivity contribution in [3.05, 3.63) is 56.7 Å². The number of rotatable bonds is 6. The van der Waals surface area contributed by atoms with Gasteiger partial charge in [0.1, 0.15) is 18.1 Å². The summed E-state index contributed by atoms with van der Waals surface area (Å²) < 4.78 is 12.9. The first-order valence-electron chi connectivity index (χ1n) is 7.34. The quantitative estimate of drug-likeness (QED) is 0.390. The topological polar surface area (TPSA) is 65.4 Å². The van der Waals surface area contributed by atoms with E-state index in [4.69, 9.17) is 44.0 Å². The van der Waals surface area contributed by atoms with Gasteiger partial charge in [0, 0.05) is 5.02 Å². The van der Waals surface area contributed by atoms with Gasteiger partial charge in [0.15, 0.2) is 11.6 Å². The van der Waals surface area contributed by atoms with Crippen LogP contribution >= 0.6 is 46.6 Å². The maximum Gasteiger partial charge on any atom is 0.211 e. The van der Waals surface area contributed by atoms with Gasteiger partial charge in [-0.25, -0.2) is 0 Å². The van der Waals surface area contributed by atoms with Crippen LogP contribution in [0.25, 0.3) is 0 Å². The predicted octanol–water partition coefficient (Wildman–Crippen LogP) is 5.32. The maximum absolute atomic E-state index is 6.09. The summed E-state index contributed by atoms with van der Waals surface area (Å²) in [6.07, 6.45) is 3.49. The van der Waals surface area contributed by atoms with E-state index in [9.17, 15) is 0 Å². The van der Waals surface area contributed by atoms with Gasteiger partial charge in [-0.3, -0.25) is 0 Å². The Kier molecular flexibility index (Phi) is 6.13. The molecule has 0 atom stereocenters. The molecule has 0 saturated heterocycles. The number of aryl methyl sites for hydroxylation is 1. The number of aromatic nitrogens is 3. The summed E-state index contributed by atoms with van der Waals surface area (Å²) in [5.41, 5.74) is 0. The molecule has 0 spiro atoms. The minimum absolute atomic E-state index is 0.163. The zero-order chi connectivity index (χ0) is 18.7. The van der Waals surface area contributed by atoms with Crippen molar-refractivity contribution in [2.24, 2.45) is 5.10 Å². The Bertz CT molecular complexity index is 932. The molecule has 0 radical (unpaired) electrons. The Morgan fingerprint density at radius 2 is 1.96 bits per heavy atom. The van der Waals surface area contributed by atoms with Crippen LogP contribution in [0.3, 0.4) is 0 Å². The fourth-order valence-electron chi connectivity index (χ4n) is 2.06. The predicted molar refractivity (Wildman–Crippen MR) is 104 cm³/mol. The van der Waals surface area contributed by atoms with Gasteiger partial charge >= 0.3 is 0 Å². The molecule has 3 aromatic rings. The summed E-state index contributed by atoms with van der Waals surface area (Å²) in [5, 5.41) is 14.1. The van der Waals surface area contributed by atoms with Crippen LogP contribution in [-0.4, -0.2) is 27.3 Å². The zero-order valence-corrected chi connectivity index (χ0v) is 16.8. The van der Waals surface area contributed by atoms with Gasteiger partial charge in [-0.15, -0.1) is 10.2 Å². The van der Waals surface area contributed by atoms with Crippen molar-refractivity contribution in [1.29, 1.82) is 0 Å². The van der Waals surface area contributed by atoms with E-state index in [-0.39, 0.29) is 6.61 Å². The average Bonchev–Trinajstić information content (AvgIpc) is 3.18. The van der Waals surface area contributed by atoms with Gasteiger partial charge in [-0.1, -0.05) is 46.6 Å². The fraction of sp³-hybridized carbons (Fsp3) is 0.188. The van der Waals surface area contributed by atoms with Crippen molar-refractivity contribution < 1.29 is 9.15 Å². The highest BCUT2D eigenvalue weighted by molar-refractivity contribution is 7.98. The molecule has 1 aromatic carbocycles. The molecule has 3 rings (SSSR count). The van der Waals surface area contributed by atoms with Crippen molar-refractivity contribution in [3.63, 3.8) is 0 Å². The van der Waals surface area contributed by atoms with E-state index < -0.39 is 0 Å². The lowest BCUT2D eigenvalue weighted by Crippen LogP contribution is -1.96. The largest absolute Gasteiger partial charge is 0.483 e. The third kappa shape index (κ3) is 4.35. The van der Waals surface area contributed by atoms with Crippen LogP contribution < -0.4 is 4.74 Å². The van der Waals surface area contributed by atoms with Crippen LogP contribution in [0.2, 0.25) is 15.1 Å². The summed E-state index contributed by atoms with van der Waals surface area (Å²) in [5.74, 6) is 2.21. The molecule has 0 aliphatic carbocycles. The Morgan fingerprint density at radius 3 is 2.65 bits per heavy atom. The normalized spacial score (nSPS) is 11.4. The summed E-state index contributed by atoms with van der Waals surface area (Å²) in [4.78, 5) is 0. The highest BCUT2D eigenvalue weighted by Crippen LogP contribution is 2.36. The van der Waals surface area contributed by atoms with Crippen LogP contribution in [0.5, 0.6) is 5.75 Å². The Labute approximate surface area is 169 Å². The summed E-state index contributed by atoms with van der Waals surface area (Å²) in [6.45, 7) is 1.99. The number of hydrogen-bond donors (Lipinski definition) is 0. The van der Waals surface area contributed by atoms with Gasteiger partial charge in [-0.2, -0.15) is 9.78 Å². The van der Waals surface area contributed by atoms with Crippen LogP contribution in [-0.2, 0) is 6.61 Å². The highest BCUT2D eigenvalue weighted by Gasteiger charge is 2.11. The number of furan rings is 1. The number of ether oxygens (including phenoxy) is 1. The number of nitrogens with zero attached hydrogens (tertiary/aromatic N) is 4. The molecule has 2 heterocycles. The molecule has 6 nitrogen and oxygen atoms in total. The van der Waals surface area contributed by atoms with E-state index in [1.54, 1.807) is 35.2 Å². The first kappa shape index (κ1) is 19.1. The van der Waals surface area contributed by atoms with Crippen LogP contribution in [0.1, 0.15) is 17.3 Å². The lowest BCUT2D eigenvalue weighted by molar-refractivity contribution is 0.270. The third-order valence-corrected chi connectivity index (χ3v) is 4.65. The van der Waals surface area contributed by atoms with Gasteiger partial charge in [-0.05, 0) is 37.4 Å². The Balaban J connectivity index is 1.69. The van der Waals surface area contributed by atoms with Gasteiger partial charge in [0.05, 0.1) is 16.3 Å². The summed E-state index contributed by atoms with van der Waals surface area (Å²) >= 11 is 19.5. The molecule has 0 N–H and O–H groups in total. The second kappa shape index (κ2) is 8.35. The lowest BCUT2D eigenvalue weighted by atomic mass is 10.3. The smallest absolute Gasteiger partial charge is 0.211 e.